The first-order valence-electron chi connectivity index (χ1n) is 7.47. The molecule has 19 heavy (non-hydrogen) atoms. The topological polar surface area (TPSA) is 38.1 Å². The van der Waals surface area contributed by atoms with E-state index in [4.69, 9.17) is 4.52 Å². The van der Waals surface area contributed by atoms with Gasteiger partial charge in [0.2, 0.25) is 0 Å². The number of nitrogens with zero attached hydrogens (tertiary/aromatic N) is 1. The van der Waals surface area contributed by atoms with Crippen molar-refractivity contribution in [3.05, 3.63) is 17.0 Å². The van der Waals surface area contributed by atoms with Crippen molar-refractivity contribution in [3.63, 3.8) is 0 Å². The van der Waals surface area contributed by atoms with Gasteiger partial charge in [0, 0.05) is 17.6 Å². The zero-order chi connectivity index (χ0) is 14.2. The summed E-state index contributed by atoms with van der Waals surface area (Å²) in [5, 5.41) is 7.85. The maximum Gasteiger partial charge on any atom is 0.138 e. The van der Waals surface area contributed by atoms with Crippen LogP contribution in [0.25, 0.3) is 0 Å². The van der Waals surface area contributed by atoms with Crippen LogP contribution >= 0.6 is 0 Å². The van der Waals surface area contributed by atoms with Crippen LogP contribution in [0.15, 0.2) is 4.52 Å². The van der Waals surface area contributed by atoms with Crippen molar-refractivity contribution >= 4 is 0 Å². The zero-order valence-electron chi connectivity index (χ0n) is 13.2. The van der Waals surface area contributed by atoms with Crippen LogP contribution in [0.1, 0.15) is 70.0 Å². The van der Waals surface area contributed by atoms with Crippen molar-refractivity contribution in [1.82, 2.24) is 10.5 Å². The van der Waals surface area contributed by atoms with Gasteiger partial charge >= 0.3 is 0 Å². The molecule has 3 atom stereocenters. The van der Waals surface area contributed by atoms with Gasteiger partial charge in [-0.1, -0.05) is 25.9 Å². The number of nitrogens with one attached hydrogen (secondary N) is 1. The van der Waals surface area contributed by atoms with E-state index in [1.165, 1.54) is 24.8 Å². The largest absolute Gasteiger partial charge is 0.361 e. The van der Waals surface area contributed by atoms with Gasteiger partial charge in [-0.2, -0.15) is 0 Å². The van der Waals surface area contributed by atoms with Gasteiger partial charge in [0.05, 0.1) is 5.69 Å². The summed E-state index contributed by atoms with van der Waals surface area (Å²) in [5.74, 6) is 1.75. The summed E-state index contributed by atoms with van der Waals surface area (Å²) >= 11 is 0. The first kappa shape index (κ1) is 14.6. The smallest absolute Gasteiger partial charge is 0.138 e. The Bertz CT molecular complexity index is 416. The van der Waals surface area contributed by atoms with E-state index in [1.54, 1.807) is 0 Å². The molecule has 0 saturated heterocycles. The van der Waals surface area contributed by atoms with Crippen LogP contribution < -0.4 is 5.32 Å². The molecule has 1 heterocycles. The van der Waals surface area contributed by atoms with Gasteiger partial charge in [-0.15, -0.1) is 0 Å². The second-order valence-corrected chi connectivity index (χ2v) is 7.24. The fraction of sp³-hybridized carbons (Fsp3) is 0.812. The predicted molar refractivity (Wildman–Crippen MR) is 78.1 cm³/mol. The van der Waals surface area contributed by atoms with E-state index >= 15 is 0 Å². The van der Waals surface area contributed by atoms with Gasteiger partial charge in [0.1, 0.15) is 5.76 Å². The average molecular weight is 264 g/mol. The first-order chi connectivity index (χ1) is 8.78. The lowest BCUT2D eigenvalue weighted by Gasteiger charge is -2.40. The van der Waals surface area contributed by atoms with Crippen LogP contribution in [-0.4, -0.2) is 11.2 Å². The van der Waals surface area contributed by atoms with Gasteiger partial charge < -0.3 is 9.84 Å². The van der Waals surface area contributed by atoms with Crippen LogP contribution in [0.2, 0.25) is 0 Å². The quantitative estimate of drug-likeness (QED) is 0.891. The van der Waals surface area contributed by atoms with Crippen molar-refractivity contribution in [3.8, 4) is 0 Å². The predicted octanol–water partition coefficient (Wildman–Crippen LogP) is 4.16. The molecular weight excluding hydrogens is 236 g/mol. The minimum absolute atomic E-state index is 0.317. The molecule has 1 aromatic heterocycles. The Morgan fingerprint density at radius 2 is 2.00 bits per heavy atom. The molecule has 108 valence electrons. The van der Waals surface area contributed by atoms with E-state index in [9.17, 15) is 0 Å². The molecule has 1 aliphatic carbocycles. The molecule has 0 aromatic carbocycles. The minimum Gasteiger partial charge on any atom is -0.361 e. The van der Waals surface area contributed by atoms with Gasteiger partial charge in [0.15, 0.2) is 0 Å². The highest BCUT2D eigenvalue weighted by molar-refractivity contribution is 5.24. The monoisotopic (exact) mass is 264 g/mol. The van der Waals surface area contributed by atoms with Gasteiger partial charge in [-0.25, -0.2) is 0 Å². The number of hydrogen-bond acceptors (Lipinski definition) is 3. The molecule has 1 aromatic rings. The molecule has 0 aliphatic heterocycles. The lowest BCUT2D eigenvalue weighted by Crippen LogP contribution is -2.41. The van der Waals surface area contributed by atoms with Crippen molar-refractivity contribution in [2.75, 3.05) is 0 Å². The normalized spacial score (nSPS) is 28.3. The SMILES string of the molecule is Cc1noc(C)c1C(C)NC1CC(C)CC(C)(C)C1. The van der Waals surface area contributed by atoms with Crippen LogP contribution in [0.4, 0.5) is 0 Å². The lowest BCUT2D eigenvalue weighted by molar-refractivity contribution is 0.145. The molecule has 1 N–H and O–H groups in total. The van der Waals surface area contributed by atoms with Crippen molar-refractivity contribution in [2.24, 2.45) is 11.3 Å². The van der Waals surface area contributed by atoms with Crippen LogP contribution in [-0.2, 0) is 0 Å². The molecule has 3 nitrogen and oxygen atoms in total. The molecule has 1 fully saturated rings. The first-order valence-corrected chi connectivity index (χ1v) is 7.47. The molecule has 3 heteroatoms. The molecule has 0 amide bonds. The summed E-state index contributed by atoms with van der Waals surface area (Å²) in [5.41, 5.74) is 2.70. The van der Waals surface area contributed by atoms with Crippen LogP contribution in [0.3, 0.4) is 0 Å². The third-order valence-electron chi connectivity index (χ3n) is 4.39. The van der Waals surface area contributed by atoms with Gasteiger partial charge in [-0.05, 0) is 51.4 Å². The Morgan fingerprint density at radius 3 is 2.53 bits per heavy atom. The van der Waals surface area contributed by atoms with E-state index in [0.29, 0.717) is 17.5 Å². The van der Waals surface area contributed by atoms with E-state index in [-0.39, 0.29) is 0 Å². The van der Waals surface area contributed by atoms with Crippen molar-refractivity contribution in [1.29, 1.82) is 0 Å². The van der Waals surface area contributed by atoms with E-state index in [1.807, 2.05) is 13.8 Å². The summed E-state index contributed by atoms with van der Waals surface area (Å²) in [4.78, 5) is 0. The highest BCUT2D eigenvalue weighted by Gasteiger charge is 2.33. The Labute approximate surface area is 117 Å². The van der Waals surface area contributed by atoms with Crippen LogP contribution in [0, 0.1) is 25.2 Å². The summed E-state index contributed by atoms with van der Waals surface area (Å²) < 4.78 is 5.28. The molecule has 0 radical (unpaired) electrons. The molecule has 3 unspecified atom stereocenters. The molecule has 1 saturated carbocycles. The summed E-state index contributed by atoms with van der Waals surface area (Å²) in [7, 11) is 0. The molecular formula is C16H28N2O. The Hall–Kier alpha value is -0.830. The zero-order valence-corrected chi connectivity index (χ0v) is 13.2. The summed E-state index contributed by atoms with van der Waals surface area (Å²) in [6.07, 6.45) is 3.87. The second kappa shape index (κ2) is 5.28. The second-order valence-electron chi connectivity index (χ2n) is 7.24. The maximum absolute atomic E-state index is 5.28. The third-order valence-corrected chi connectivity index (χ3v) is 4.39. The van der Waals surface area contributed by atoms with Crippen LogP contribution in [0.5, 0.6) is 0 Å². The molecule has 0 spiro atoms. The van der Waals surface area contributed by atoms with Crippen molar-refractivity contribution in [2.45, 2.75) is 72.9 Å². The highest BCUT2D eigenvalue weighted by Crippen LogP contribution is 2.39. The number of aromatic nitrogens is 1. The average Bonchev–Trinajstić information content (AvgIpc) is 2.55. The van der Waals surface area contributed by atoms with E-state index in [2.05, 4.69) is 38.2 Å². The highest BCUT2D eigenvalue weighted by atomic mass is 16.5. The Balaban J connectivity index is 2.05. The molecule has 0 bridgehead atoms. The van der Waals surface area contributed by atoms with Gasteiger partial charge in [0.25, 0.3) is 0 Å². The maximum atomic E-state index is 5.28. The van der Waals surface area contributed by atoms with Crippen molar-refractivity contribution < 1.29 is 4.52 Å². The molecule has 1 aliphatic rings. The summed E-state index contributed by atoms with van der Waals surface area (Å²) in [6.45, 7) is 13.4. The Morgan fingerprint density at radius 1 is 1.32 bits per heavy atom. The number of aryl methyl sites for hydroxylation is 2. The van der Waals surface area contributed by atoms with E-state index in [0.717, 1.165) is 17.4 Å². The molecule has 2 rings (SSSR count). The minimum atomic E-state index is 0.317. The van der Waals surface area contributed by atoms with E-state index < -0.39 is 0 Å². The standard InChI is InChI=1S/C16H28N2O/c1-10-7-14(9-16(5,6)8-10)17-11(2)15-12(3)18-19-13(15)4/h10-11,14,17H,7-9H2,1-6H3. The Kier molecular flexibility index (Phi) is 4.05. The van der Waals surface area contributed by atoms with Gasteiger partial charge in [-0.3, -0.25) is 0 Å². The number of rotatable bonds is 3. The fourth-order valence-corrected chi connectivity index (χ4v) is 4.02. The number of hydrogen-bond donors (Lipinski definition) is 1. The third kappa shape index (κ3) is 3.38. The fourth-order valence-electron chi connectivity index (χ4n) is 4.02. The lowest BCUT2D eigenvalue weighted by atomic mass is 9.70. The summed E-state index contributed by atoms with van der Waals surface area (Å²) in [6, 6.07) is 0.916.